The lowest BCUT2D eigenvalue weighted by molar-refractivity contribution is -0.161. The number of hydrogen-bond acceptors (Lipinski definition) is 5. The molecule has 6 heteroatoms. The van der Waals surface area contributed by atoms with E-state index in [9.17, 15) is 9.59 Å². The van der Waals surface area contributed by atoms with Crippen LogP contribution in [-0.2, 0) is 20.7 Å². The quantitative estimate of drug-likeness (QED) is 0.418. The van der Waals surface area contributed by atoms with Crippen LogP contribution in [0.5, 0.6) is 0 Å². The summed E-state index contributed by atoms with van der Waals surface area (Å²) in [7, 11) is 0. The standard InChI is InChI=1S/C32H43N3O3/c1-5-6-21-7-9-22(10-8-21)27-19-35(34-33-27)28-18-29(37)32(4)16-14-26-25(30(28)32)12-11-23-17-24(38-20(2)36)13-15-31(23,26)3/h7-10,19,23-26,28,30H,5-6,11-18H2,1-4H3/t23-,24-,25+,26-,28+,30+,31-,32+/m0/s1. The second-order valence-electron chi connectivity index (χ2n) is 13.3. The fraction of sp³-hybridized carbons (Fsp3) is 0.688. The van der Waals surface area contributed by atoms with Crippen molar-refractivity contribution < 1.29 is 14.3 Å². The molecule has 0 N–H and O–H groups in total. The van der Waals surface area contributed by atoms with Crippen LogP contribution in [-0.4, -0.2) is 32.9 Å². The Hall–Kier alpha value is -2.50. The van der Waals surface area contributed by atoms with E-state index in [2.05, 4.69) is 61.5 Å². The highest BCUT2D eigenvalue weighted by molar-refractivity contribution is 5.88. The Kier molecular flexibility index (Phi) is 6.51. The molecule has 38 heavy (non-hydrogen) atoms. The van der Waals surface area contributed by atoms with Crippen molar-refractivity contribution >= 4 is 11.8 Å². The van der Waals surface area contributed by atoms with Crippen molar-refractivity contribution in [2.24, 2.45) is 34.5 Å². The van der Waals surface area contributed by atoms with Gasteiger partial charge in [-0.15, -0.1) is 5.10 Å². The number of hydrogen-bond donors (Lipinski definition) is 0. The Balaban J connectivity index is 1.26. The predicted molar refractivity (Wildman–Crippen MR) is 146 cm³/mol. The number of esters is 1. The van der Waals surface area contributed by atoms with E-state index in [0.29, 0.717) is 35.9 Å². The molecule has 0 unspecified atom stereocenters. The van der Waals surface area contributed by atoms with Gasteiger partial charge in [0.2, 0.25) is 0 Å². The van der Waals surface area contributed by atoms with Crippen molar-refractivity contribution in [2.45, 2.75) is 104 Å². The summed E-state index contributed by atoms with van der Waals surface area (Å²) in [5.74, 6) is 2.29. The second kappa shape index (κ2) is 9.60. The number of benzene rings is 1. The number of ether oxygens (including phenoxy) is 1. The Morgan fingerprint density at radius 2 is 1.89 bits per heavy atom. The van der Waals surface area contributed by atoms with E-state index >= 15 is 0 Å². The maximum atomic E-state index is 13.6. The Morgan fingerprint density at radius 3 is 2.63 bits per heavy atom. The minimum atomic E-state index is -0.266. The van der Waals surface area contributed by atoms with E-state index in [1.807, 2.05) is 4.68 Å². The topological polar surface area (TPSA) is 74.1 Å². The molecular formula is C32H43N3O3. The monoisotopic (exact) mass is 517 g/mol. The number of carbonyl (C=O) groups is 2. The molecule has 0 radical (unpaired) electrons. The lowest BCUT2D eigenvalue weighted by atomic mass is 9.45. The molecule has 8 atom stereocenters. The van der Waals surface area contributed by atoms with Crippen molar-refractivity contribution in [1.29, 1.82) is 0 Å². The summed E-state index contributed by atoms with van der Waals surface area (Å²) < 4.78 is 7.69. The number of aryl methyl sites for hydroxylation is 1. The molecule has 6 rings (SSSR count). The molecule has 0 aliphatic heterocycles. The molecule has 6 nitrogen and oxygen atoms in total. The van der Waals surface area contributed by atoms with Gasteiger partial charge in [-0.05, 0) is 86.0 Å². The van der Waals surface area contributed by atoms with Crippen LogP contribution in [0.25, 0.3) is 11.3 Å². The summed E-state index contributed by atoms with van der Waals surface area (Å²) in [5.41, 5.74) is 3.31. The van der Waals surface area contributed by atoms with Crippen LogP contribution >= 0.6 is 0 Å². The molecule has 0 amide bonds. The molecule has 4 aliphatic carbocycles. The summed E-state index contributed by atoms with van der Waals surface area (Å²) >= 11 is 0. The lowest BCUT2D eigenvalue weighted by Gasteiger charge is -2.60. The molecular weight excluding hydrogens is 474 g/mol. The number of nitrogens with zero attached hydrogens (tertiary/aromatic N) is 3. The number of rotatable bonds is 5. The summed E-state index contributed by atoms with van der Waals surface area (Å²) in [4.78, 5) is 25.2. The smallest absolute Gasteiger partial charge is 0.302 e. The van der Waals surface area contributed by atoms with Crippen LogP contribution in [0.1, 0.15) is 97.1 Å². The number of fused-ring (bicyclic) bond motifs is 5. The molecule has 4 saturated carbocycles. The van der Waals surface area contributed by atoms with Gasteiger partial charge >= 0.3 is 5.97 Å². The van der Waals surface area contributed by atoms with E-state index in [1.54, 1.807) is 0 Å². The minimum Gasteiger partial charge on any atom is -0.463 e. The zero-order valence-electron chi connectivity index (χ0n) is 23.5. The van der Waals surface area contributed by atoms with Crippen molar-refractivity contribution in [2.75, 3.05) is 0 Å². The first kappa shape index (κ1) is 25.8. The Bertz CT molecular complexity index is 1200. The van der Waals surface area contributed by atoms with Gasteiger partial charge in [-0.25, -0.2) is 4.68 Å². The number of ketones is 1. The van der Waals surface area contributed by atoms with Gasteiger partial charge in [0.05, 0.1) is 12.2 Å². The largest absolute Gasteiger partial charge is 0.463 e. The van der Waals surface area contributed by atoms with E-state index in [-0.39, 0.29) is 28.9 Å². The van der Waals surface area contributed by atoms with Crippen LogP contribution < -0.4 is 0 Å². The SMILES string of the molecule is CCCc1ccc(-c2cn([C@@H]3CC(=O)[C@@]4(C)CC[C@H]5[C@@H](CC[C@H]6C[C@@H](OC(C)=O)CC[C@@]65C)[C@H]34)nn2)cc1. The second-order valence-corrected chi connectivity index (χ2v) is 13.3. The number of carbonyl (C=O) groups excluding carboxylic acids is 2. The fourth-order valence-corrected chi connectivity index (χ4v) is 9.36. The molecule has 4 aliphatic rings. The lowest BCUT2D eigenvalue weighted by Crippen LogP contribution is -2.55. The average Bonchev–Trinajstić information content (AvgIpc) is 3.47. The van der Waals surface area contributed by atoms with Gasteiger partial charge in [-0.3, -0.25) is 9.59 Å². The Morgan fingerprint density at radius 1 is 1.11 bits per heavy atom. The Labute approximate surface area is 226 Å². The zero-order chi connectivity index (χ0) is 26.7. The van der Waals surface area contributed by atoms with Gasteiger partial charge in [0.15, 0.2) is 0 Å². The van der Waals surface area contributed by atoms with E-state index < -0.39 is 0 Å². The van der Waals surface area contributed by atoms with Gasteiger partial charge in [0.1, 0.15) is 17.6 Å². The predicted octanol–water partition coefficient (Wildman–Crippen LogP) is 6.59. The summed E-state index contributed by atoms with van der Waals surface area (Å²) in [6.45, 7) is 8.48. The zero-order valence-corrected chi connectivity index (χ0v) is 23.5. The van der Waals surface area contributed by atoms with Crippen molar-refractivity contribution in [3.8, 4) is 11.3 Å². The molecule has 204 valence electrons. The maximum Gasteiger partial charge on any atom is 0.302 e. The average molecular weight is 518 g/mol. The third-order valence-corrected chi connectivity index (χ3v) is 11.3. The highest BCUT2D eigenvalue weighted by Crippen LogP contribution is 2.67. The molecule has 0 spiro atoms. The highest BCUT2D eigenvalue weighted by atomic mass is 16.5. The first-order valence-corrected chi connectivity index (χ1v) is 14.9. The van der Waals surface area contributed by atoms with Gasteiger partial charge < -0.3 is 4.74 Å². The van der Waals surface area contributed by atoms with Crippen molar-refractivity contribution in [3.05, 3.63) is 36.0 Å². The van der Waals surface area contributed by atoms with Gasteiger partial charge in [0, 0.05) is 24.3 Å². The third kappa shape index (κ3) is 4.14. The molecule has 1 heterocycles. The van der Waals surface area contributed by atoms with Crippen LogP contribution in [0.2, 0.25) is 0 Å². The number of Topliss-reactive ketones (excluding diaryl/α,β-unsaturated/α-hetero) is 1. The molecule has 0 bridgehead atoms. The molecule has 1 aromatic carbocycles. The van der Waals surface area contributed by atoms with Crippen molar-refractivity contribution in [1.82, 2.24) is 15.0 Å². The van der Waals surface area contributed by atoms with Gasteiger partial charge in [-0.2, -0.15) is 0 Å². The minimum absolute atomic E-state index is 0.0707. The van der Waals surface area contributed by atoms with Crippen molar-refractivity contribution in [3.63, 3.8) is 0 Å². The maximum absolute atomic E-state index is 13.6. The first-order valence-electron chi connectivity index (χ1n) is 14.9. The highest BCUT2D eigenvalue weighted by Gasteiger charge is 2.63. The van der Waals surface area contributed by atoms with Crippen LogP contribution in [0.15, 0.2) is 30.5 Å². The summed E-state index contributed by atoms with van der Waals surface area (Å²) in [5, 5.41) is 9.20. The summed E-state index contributed by atoms with van der Waals surface area (Å²) in [6, 6.07) is 8.76. The van der Waals surface area contributed by atoms with Gasteiger partial charge in [-0.1, -0.05) is 56.7 Å². The third-order valence-electron chi connectivity index (χ3n) is 11.3. The van der Waals surface area contributed by atoms with E-state index in [0.717, 1.165) is 69.0 Å². The van der Waals surface area contributed by atoms with E-state index in [4.69, 9.17) is 4.74 Å². The van der Waals surface area contributed by atoms with Crippen LogP contribution in [0, 0.1) is 34.5 Å². The molecule has 2 aromatic rings. The van der Waals surface area contributed by atoms with E-state index in [1.165, 1.54) is 12.5 Å². The molecule has 0 saturated heterocycles. The number of aromatic nitrogens is 3. The van der Waals surface area contributed by atoms with Gasteiger partial charge in [0.25, 0.3) is 0 Å². The normalized spacial score (nSPS) is 38.3. The fourth-order valence-electron chi connectivity index (χ4n) is 9.36. The summed E-state index contributed by atoms with van der Waals surface area (Å²) in [6.07, 6.45) is 12.4. The van der Waals surface area contributed by atoms with Crippen LogP contribution in [0.3, 0.4) is 0 Å². The van der Waals surface area contributed by atoms with Crippen LogP contribution in [0.4, 0.5) is 0 Å². The molecule has 1 aromatic heterocycles. The molecule has 4 fully saturated rings. The first-order chi connectivity index (χ1) is 18.2.